The van der Waals surface area contributed by atoms with E-state index in [2.05, 4.69) is 34.6 Å². The molecule has 1 N–H and O–H groups in total. The van der Waals surface area contributed by atoms with Crippen LogP contribution in [0.2, 0.25) is 0 Å². The lowest BCUT2D eigenvalue weighted by molar-refractivity contribution is 0.213. The summed E-state index contributed by atoms with van der Waals surface area (Å²) in [6, 6.07) is 20.1. The van der Waals surface area contributed by atoms with Gasteiger partial charge >= 0.3 is 7.60 Å². The molecule has 0 aliphatic carbocycles. The van der Waals surface area contributed by atoms with Gasteiger partial charge in [-0.3, -0.25) is 4.57 Å². The van der Waals surface area contributed by atoms with E-state index in [1.165, 1.54) is 0 Å². The Morgan fingerprint density at radius 1 is 0.897 bits per heavy atom. The molecule has 39 heavy (non-hydrogen) atoms. The van der Waals surface area contributed by atoms with Gasteiger partial charge in [-0.25, -0.2) is 4.98 Å². The molecule has 8 nitrogen and oxygen atoms in total. The van der Waals surface area contributed by atoms with Gasteiger partial charge in [0.25, 0.3) is 0 Å². The molecular weight excluding hydrogens is 515 g/mol. The third-order valence-electron chi connectivity index (χ3n) is 6.21. The Bertz CT molecular complexity index is 1400. The van der Waals surface area contributed by atoms with Gasteiger partial charge in [0.05, 0.1) is 33.9 Å². The van der Waals surface area contributed by atoms with E-state index >= 15 is 0 Å². The number of methoxy groups -OCH3 is 2. The molecule has 0 saturated carbocycles. The van der Waals surface area contributed by atoms with Crippen LogP contribution < -0.4 is 20.2 Å². The summed E-state index contributed by atoms with van der Waals surface area (Å²) in [5.74, 6) is 2.08. The molecule has 0 aliphatic heterocycles. The predicted molar refractivity (Wildman–Crippen MR) is 155 cm³/mol. The maximum Gasteiger partial charge on any atom is 0.385 e. The van der Waals surface area contributed by atoms with Crippen LogP contribution in [0.25, 0.3) is 10.8 Å². The molecule has 208 valence electrons. The molecule has 0 spiro atoms. The first-order valence-electron chi connectivity index (χ1n) is 13.3. The number of nitrogens with one attached hydrogen (secondary N) is 1. The van der Waals surface area contributed by atoms with Gasteiger partial charge in [-0.05, 0) is 53.3 Å². The molecule has 9 heteroatoms. The highest BCUT2D eigenvalue weighted by Gasteiger charge is 2.36. The normalized spacial score (nSPS) is 11.6. The van der Waals surface area contributed by atoms with E-state index < -0.39 is 7.60 Å². The van der Waals surface area contributed by atoms with Gasteiger partial charge < -0.3 is 28.3 Å². The maximum atomic E-state index is 14.0. The van der Waals surface area contributed by atoms with Crippen LogP contribution in [0.1, 0.15) is 43.7 Å². The molecule has 0 aliphatic rings. The average molecular weight is 553 g/mol. The number of oxazole rings is 1. The maximum absolute atomic E-state index is 14.0. The Morgan fingerprint density at radius 3 is 2.33 bits per heavy atom. The summed E-state index contributed by atoms with van der Waals surface area (Å²) in [6.07, 6.45) is 2.49. The van der Waals surface area contributed by atoms with Crippen LogP contribution in [-0.4, -0.2) is 39.0 Å². The second kappa shape index (κ2) is 13.7. The average Bonchev–Trinajstić information content (AvgIpc) is 3.38. The molecule has 0 radical (unpaired) electrons. The minimum absolute atomic E-state index is 0.187. The van der Waals surface area contributed by atoms with Crippen molar-refractivity contribution >= 4 is 29.7 Å². The molecule has 0 fully saturated rings. The van der Waals surface area contributed by atoms with Crippen molar-refractivity contribution in [2.75, 3.05) is 39.3 Å². The highest BCUT2D eigenvalue weighted by molar-refractivity contribution is 7.62. The second-order valence-electron chi connectivity index (χ2n) is 9.11. The number of hydrogen-bond acceptors (Lipinski definition) is 8. The zero-order chi connectivity index (χ0) is 27.7. The number of rotatable bonds is 15. The van der Waals surface area contributed by atoms with Crippen LogP contribution in [0.5, 0.6) is 11.5 Å². The number of benzene rings is 3. The fraction of sp³-hybridized carbons (Fsp3) is 0.367. The fourth-order valence-corrected chi connectivity index (χ4v) is 6.05. The monoisotopic (exact) mass is 552 g/mol. The Kier molecular flexibility index (Phi) is 10.0. The van der Waals surface area contributed by atoms with Crippen molar-refractivity contribution in [2.24, 2.45) is 0 Å². The fourth-order valence-electron chi connectivity index (χ4n) is 4.28. The van der Waals surface area contributed by atoms with E-state index in [0.29, 0.717) is 55.5 Å². The van der Waals surface area contributed by atoms with Gasteiger partial charge in [0.1, 0.15) is 0 Å². The van der Waals surface area contributed by atoms with Crippen LogP contribution in [0, 0.1) is 0 Å². The highest BCUT2D eigenvalue weighted by Crippen LogP contribution is 2.49. The molecule has 0 amide bonds. The lowest BCUT2D eigenvalue weighted by Crippen LogP contribution is -2.18. The zero-order valence-corrected chi connectivity index (χ0v) is 24.0. The van der Waals surface area contributed by atoms with Crippen LogP contribution >= 0.6 is 7.60 Å². The van der Waals surface area contributed by atoms with Gasteiger partial charge in [-0.15, -0.1) is 0 Å². The van der Waals surface area contributed by atoms with Crippen LogP contribution in [-0.2, 0) is 26.5 Å². The molecule has 4 rings (SSSR count). The molecule has 0 saturated heterocycles. The largest absolute Gasteiger partial charge is 0.493 e. The second-order valence-corrected chi connectivity index (χ2v) is 11.0. The van der Waals surface area contributed by atoms with Gasteiger partial charge in [0.15, 0.2) is 11.5 Å². The first-order valence-corrected chi connectivity index (χ1v) is 14.9. The van der Waals surface area contributed by atoms with Crippen molar-refractivity contribution in [3.05, 3.63) is 77.7 Å². The van der Waals surface area contributed by atoms with Crippen molar-refractivity contribution in [3.63, 3.8) is 0 Å². The first-order chi connectivity index (χ1) is 19.0. The SMILES string of the molecule is CCCOP(=O)(OCCC)c1nc(Cc2cccc3ccccc23)oc1NCCc1ccc(OC)c(OC)c1. The third-order valence-corrected chi connectivity index (χ3v) is 8.08. The van der Waals surface area contributed by atoms with E-state index in [1.807, 2.05) is 50.2 Å². The van der Waals surface area contributed by atoms with Gasteiger partial charge in [0.2, 0.25) is 17.2 Å². The lowest BCUT2D eigenvalue weighted by atomic mass is 10.0. The summed E-state index contributed by atoms with van der Waals surface area (Å²) >= 11 is 0. The highest BCUT2D eigenvalue weighted by atomic mass is 31.2. The Balaban J connectivity index is 1.62. The summed E-state index contributed by atoms with van der Waals surface area (Å²) in [6.45, 7) is 5.00. The third kappa shape index (κ3) is 7.01. The quantitative estimate of drug-likeness (QED) is 0.162. The van der Waals surface area contributed by atoms with Gasteiger partial charge in [0, 0.05) is 6.54 Å². The summed E-state index contributed by atoms with van der Waals surface area (Å²) in [7, 11) is -0.489. The zero-order valence-electron chi connectivity index (χ0n) is 23.1. The first kappa shape index (κ1) is 28.7. The summed E-state index contributed by atoms with van der Waals surface area (Å²) in [5.41, 5.74) is 2.30. The van der Waals surface area contributed by atoms with Crippen LogP contribution in [0.3, 0.4) is 0 Å². The number of nitrogens with zero attached hydrogens (tertiary/aromatic N) is 1. The van der Waals surface area contributed by atoms with Crippen molar-refractivity contribution in [3.8, 4) is 11.5 Å². The molecular formula is C30H37N2O6P. The molecule has 0 unspecified atom stereocenters. The molecule has 0 atom stereocenters. The molecule has 3 aromatic carbocycles. The predicted octanol–water partition coefficient (Wildman–Crippen LogP) is 6.76. The molecule has 1 heterocycles. The van der Waals surface area contributed by atoms with E-state index in [-0.39, 0.29) is 18.6 Å². The van der Waals surface area contributed by atoms with Crippen molar-refractivity contribution < 1.29 is 27.5 Å². The standard InChI is InChI=1S/C30H37N2O6P/c1-5-18-36-39(33,37-19-6-2)30-29(31-17-16-22-14-15-26(34-3)27(20-22)35-4)38-28(32-30)21-24-12-9-11-23-10-7-8-13-25(23)24/h7-15,20,31H,5-6,16-19,21H2,1-4H3. The Morgan fingerprint density at radius 2 is 1.62 bits per heavy atom. The summed E-state index contributed by atoms with van der Waals surface area (Å²) in [4.78, 5) is 4.69. The Hall–Kier alpha value is -3.32. The molecule has 1 aromatic heterocycles. The topological polar surface area (TPSA) is 92.1 Å². The van der Waals surface area contributed by atoms with Crippen molar-refractivity contribution in [1.29, 1.82) is 0 Å². The molecule has 0 bridgehead atoms. The van der Waals surface area contributed by atoms with Crippen molar-refractivity contribution in [2.45, 2.75) is 39.5 Å². The van der Waals surface area contributed by atoms with E-state index in [1.54, 1.807) is 14.2 Å². The Labute approximate surface area is 230 Å². The summed E-state index contributed by atoms with van der Waals surface area (Å²) < 4.78 is 42.5. The number of aromatic nitrogens is 1. The smallest absolute Gasteiger partial charge is 0.385 e. The van der Waals surface area contributed by atoms with Crippen LogP contribution in [0.4, 0.5) is 5.88 Å². The van der Waals surface area contributed by atoms with E-state index in [4.69, 9.17) is 22.9 Å². The number of ether oxygens (including phenoxy) is 2. The molecule has 4 aromatic rings. The lowest BCUT2D eigenvalue weighted by Gasteiger charge is -2.17. The summed E-state index contributed by atoms with van der Waals surface area (Å²) in [5, 5.41) is 5.55. The van der Waals surface area contributed by atoms with Crippen LogP contribution in [0.15, 0.2) is 65.1 Å². The minimum Gasteiger partial charge on any atom is -0.493 e. The van der Waals surface area contributed by atoms with Gasteiger partial charge in [-0.2, -0.15) is 0 Å². The van der Waals surface area contributed by atoms with E-state index in [9.17, 15) is 4.57 Å². The van der Waals surface area contributed by atoms with Crippen molar-refractivity contribution in [1.82, 2.24) is 4.98 Å². The van der Waals surface area contributed by atoms with Gasteiger partial charge in [-0.1, -0.05) is 62.4 Å². The number of fused-ring (bicyclic) bond motifs is 1. The minimum atomic E-state index is -3.71. The number of hydrogen-bond donors (Lipinski definition) is 1. The van der Waals surface area contributed by atoms with E-state index in [0.717, 1.165) is 21.9 Å². The number of anilines is 1.